The molecule has 27 heavy (non-hydrogen) atoms. The summed E-state index contributed by atoms with van der Waals surface area (Å²) in [5, 5.41) is 12.9. The molecule has 2 rings (SSSR count). The summed E-state index contributed by atoms with van der Waals surface area (Å²) in [6.45, 7) is 7.66. The van der Waals surface area contributed by atoms with Crippen LogP contribution in [0.25, 0.3) is 6.08 Å². The largest absolute Gasteiger partial charge is 0.487 e. The molecule has 0 aliphatic heterocycles. The van der Waals surface area contributed by atoms with Gasteiger partial charge in [0.1, 0.15) is 24.0 Å². The summed E-state index contributed by atoms with van der Waals surface area (Å²) in [6, 6.07) is 10.6. The van der Waals surface area contributed by atoms with Crippen molar-refractivity contribution in [2.75, 3.05) is 11.9 Å². The van der Waals surface area contributed by atoms with Crippen LogP contribution in [0.3, 0.4) is 0 Å². The highest BCUT2D eigenvalue weighted by atomic mass is 35.5. The van der Waals surface area contributed by atoms with E-state index in [-0.39, 0.29) is 17.2 Å². The first-order valence-electron chi connectivity index (χ1n) is 8.09. The molecule has 0 aliphatic rings. The summed E-state index contributed by atoms with van der Waals surface area (Å²) in [6.07, 6.45) is 2.97. The van der Waals surface area contributed by atoms with Gasteiger partial charge >= 0.3 is 0 Å². The van der Waals surface area contributed by atoms with E-state index in [1.807, 2.05) is 32.0 Å². The van der Waals surface area contributed by atoms with E-state index in [0.717, 1.165) is 11.1 Å². The second kappa shape index (κ2) is 9.27. The van der Waals surface area contributed by atoms with Gasteiger partial charge in [-0.1, -0.05) is 48.0 Å². The lowest BCUT2D eigenvalue weighted by molar-refractivity contribution is -0.112. The van der Waals surface area contributed by atoms with Gasteiger partial charge in [-0.25, -0.2) is 0 Å². The Kier molecular flexibility index (Phi) is 7.06. The average Bonchev–Trinajstić information content (AvgIpc) is 2.62. The fraction of sp³-hybridized carbons (Fsp3) is 0.143. The van der Waals surface area contributed by atoms with Crippen LogP contribution in [-0.4, -0.2) is 12.5 Å². The third-order valence-electron chi connectivity index (χ3n) is 3.90. The molecule has 0 heterocycles. The van der Waals surface area contributed by atoms with E-state index >= 15 is 0 Å². The van der Waals surface area contributed by atoms with E-state index in [0.29, 0.717) is 22.0 Å². The number of anilines is 1. The number of hydrogen-bond acceptors (Lipinski definition) is 3. The molecule has 4 nitrogen and oxygen atoms in total. The number of nitrogens with zero attached hydrogens (tertiary/aromatic N) is 1. The third-order valence-corrected chi connectivity index (χ3v) is 4.40. The number of benzene rings is 2. The molecule has 2 aromatic carbocycles. The molecule has 2 aromatic rings. The van der Waals surface area contributed by atoms with Gasteiger partial charge in [0, 0.05) is 16.3 Å². The van der Waals surface area contributed by atoms with Crippen molar-refractivity contribution in [1.82, 2.24) is 0 Å². The highest BCUT2D eigenvalue weighted by Gasteiger charge is 2.15. The van der Waals surface area contributed by atoms with Gasteiger partial charge in [-0.2, -0.15) is 5.26 Å². The quantitative estimate of drug-likeness (QED) is 0.383. The number of nitrogens with one attached hydrogen (secondary N) is 1. The summed E-state index contributed by atoms with van der Waals surface area (Å²) in [4.78, 5) is 12.6. The molecule has 0 saturated heterocycles. The molecule has 0 spiro atoms. The Balaban J connectivity index is 2.40. The van der Waals surface area contributed by atoms with E-state index in [4.69, 9.17) is 27.9 Å². The Morgan fingerprint density at radius 1 is 1.33 bits per heavy atom. The monoisotopic (exact) mass is 400 g/mol. The lowest BCUT2D eigenvalue weighted by Crippen LogP contribution is -2.14. The van der Waals surface area contributed by atoms with Crippen LogP contribution < -0.4 is 10.1 Å². The van der Waals surface area contributed by atoms with Crippen molar-refractivity contribution in [2.24, 2.45) is 0 Å². The van der Waals surface area contributed by atoms with Crippen molar-refractivity contribution in [3.8, 4) is 11.8 Å². The van der Waals surface area contributed by atoms with Gasteiger partial charge in [0.2, 0.25) is 0 Å². The van der Waals surface area contributed by atoms with Crippen molar-refractivity contribution < 1.29 is 9.53 Å². The van der Waals surface area contributed by atoms with Crippen molar-refractivity contribution in [3.05, 3.63) is 75.3 Å². The number of carbonyl (C=O) groups is 1. The minimum absolute atomic E-state index is 0.0994. The van der Waals surface area contributed by atoms with Gasteiger partial charge in [0.25, 0.3) is 5.91 Å². The van der Waals surface area contributed by atoms with Crippen LogP contribution >= 0.6 is 23.2 Å². The number of nitriles is 1. The molecular weight excluding hydrogens is 383 g/mol. The normalized spacial score (nSPS) is 10.9. The first-order chi connectivity index (χ1) is 12.9. The molecule has 0 aliphatic carbocycles. The molecule has 0 fully saturated rings. The molecule has 138 valence electrons. The Bertz CT molecular complexity index is 959. The zero-order chi connectivity index (χ0) is 20.0. The smallest absolute Gasteiger partial charge is 0.266 e. The first kappa shape index (κ1) is 20.6. The Morgan fingerprint density at radius 3 is 2.74 bits per heavy atom. The van der Waals surface area contributed by atoms with Gasteiger partial charge < -0.3 is 10.1 Å². The molecular formula is C21H18Cl2N2O2. The summed E-state index contributed by atoms with van der Waals surface area (Å²) in [7, 11) is 0. The number of amides is 1. The average molecular weight is 401 g/mol. The van der Waals surface area contributed by atoms with Gasteiger partial charge in [0.05, 0.1) is 5.02 Å². The Morgan fingerprint density at radius 2 is 2.07 bits per heavy atom. The zero-order valence-electron chi connectivity index (χ0n) is 15.0. The standard InChI is InChI=1S/C21H18Cl2N2O2/c1-4-8-27-20-15(10-17(22)11-18(20)23)9-16(12-24)21(26)25-19-7-5-6-13(2)14(19)3/h4-7,9-11H,1,8H2,2-3H3,(H,25,26)/b16-9+. The SMILES string of the molecule is C=CCOc1c(Cl)cc(Cl)cc1/C=C(\C#N)C(=O)Nc1cccc(C)c1C. The summed E-state index contributed by atoms with van der Waals surface area (Å²) >= 11 is 12.2. The first-order valence-corrected chi connectivity index (χ1v) is 8.85. The van der Waals surface area contributed by atoms with Crippen molar-refractivity contribution >= 4 is 40.9 Å². The molecule has 0 atom stereocenters. The van der Waals surface area contributed by atoms with Gasteiger partial charge in [-0.15, -0.1) is 0 Å². The van der Waals surface area contributed by atoms with Gasteiger partial charge in [-0.05, 0) is 49.2 Å². The molecule has 0 saturated carbocycles. The van der Waals surface area contributed by atoms with Gasteiger partial charge in [-0.3, -0.25) is 4.79 Å². The minimum Gasteiger partial charge on any atom is -0.487 e. The van der Waals surface area contributed by atoms with E-state index in [2.05, 4.69) is 11.9 Å². The van der Waals surface area contributed by atoms with Crippen molar-refractivity contribution in [3.63, 3.8) is 0 Å². The number of ether oxygens (including phenoxy) is 1. The predicted molar refractivity (Wildman–Crippen MR) is 110 cm³/mol. The van der Waals surface area contributed by atoms with Crippen LogP contribution in [0.15, 0.2) is 48.6 Å². The minimum atomic E-state index is -0.531. The number of hydrogen-bond donors (Lipinski definition) is 1. The lowest BCUT2D eigenvalue weighted by atomic mass is 10.1. The second-order valence-electron chi connectivity index (χ2n) is 5.78. The molecule has 1 N–H and O–H groups in total. The Hall–Kier alpha value is -2.74. The topological polar surface area (TPSA) is 62.1 Å². The van der Waals surface area contributed by atoms with E-state index < -0.39 is 5.91 Å². The van der Waals surface area contributed by atoms with E-state index in [9.17, 15) is 10.1 Å². The maximum absolute atomic E-state index is 12.6. The van der Waals surface area contributed by atoms with Crippen molar-refractivity contribution in [2.45, 2.75) is 13.8 Å². The van der Waals surface area contributed by atoms with Crippen LogP contribution in [0.4, 0.5) is 5.69 Å². The van der Waals surface area contributed by atoms with Crippen LogP contribution in [0, 0.1) is 25.2 Å². The maximum atomic E-state index is 12.6. The van der Waals surface area contributed by atoms with Crippen LogP contribution in [0.2, 0.25) is 10.0 Å². The van der Waals surface area contributed by atoms with Crippen LogP contribution in [0.5, 0.6) is 5.75 Å². The maximum Gasteiger partial charge on any atom is 0.266 e. The molecule has 0 unspecified atom stereocenters. The van der Waals surface area contributed by atoms with Crippen molar-refractivity contribution in [1.29, 1.82) is 5.26 Å². The molecule has 0 bridgehead atoms. The van der Waals surface area contributed by atoms with Crippen LogP contribution in [-0.2, 0) is 4.79 Å². The molecule has 1 amide bonds. The molecule has 6 heteroatoms. The summed E-state index contributed by atoms with van der Waals surface area (Å²) in [5.74, 6) is -0.203. The number of carbonyl (C=O) groups excluding carboxylic acids is 1. The Labute approximate surface area is 168 Å². The highest BCUT2D eigenvalue weighted by molar-refractivity contribution is 6.36. The second-order valence-corrected chi connectivity index (χ2v) is 6.62. The highest BCUT2D eigenvalue weighted by Crippen LogP contribution is 2.34. The zero-order valence-corrected chi connectivity index (χ0v) is 16.5. The predicted octanol–water partition coefficient (Wildman–Crippen LogP) is 5.72. The van der Waals surface area contributed by atoms with E-state index in [1.54, 1.807) is 18.2 Å². The fourth-order valence-corrected chi connectivity index (χ4v) is 2.93. The lowest BCUT2D eigenvalue weighted by Gasteiger charge is -2.12. The summed E-state index contributed by atoms with van der Waals surface area (Å²) < 4.78 is 5.56. The van der Waals surface area contributed by atoms with E-state index in [1.165, 1.54) is 12.1 Å². The summed E-state index contributed by atoms with van der Waals surface area (Å²) in [5.41, 5.74) is 2.95. The fourth-order valence-electron chi connectivity index (χ4n) is 2.36. The molecule has 0 radical (unpaired) electrons. The number of rotatable bonds is 6. The van der Waals surface area contributed by atoms with Crippen LogP contribution in [0.1, 0.15) is 16.7 Å². The van der Waals surface area contributed by atoms with Gasteiger partial charge in [0.15, 0.2) is 0 Å². The number of aryl methyl sites for hydroxylation is 1. The molecule has 0 aromatic heterocycles. The third kappa shape index (κ3) is 5.13. The number of halogens is 2.